The summed E-state index contributed by atoms with van der Waals surface area (Å²) in [5, 5.41) is 0. The molecule has 0 atom stereocenters. The van der Waals surface area contributed by atoms with Gasteiger partial charge in [-0.15, -0.1) is 0 Å². The van der Waals surface area contributed by atoms with Crippen LogP contribution in [0.5, 0.6) is 0 Å². The largest absolute Gasteiger partial charge is 0.469 e. The normalized spacial score (nSPS) is 28.9. The molecule has 3 heteroatoms. The third-order valence-corrected chi connectivity index (χ3v) is 2.25. The predicted octanol–water partition coefficient (Wildman–Crippen LogP) is 0.775. The molecule has 0 aromatic heterocycles. The summed E-state index contributed by atoms with van der Waals surface area (Å²) < 4.78 is 4.53. The smallest absolute Gasteiger partial charge is 0.308 e. The molecule has 0 radical (unpaired) electrons. The Labute approximate surface area is 65.7 Å². The maximum Gasteiger partial charge on any atom is 0.308 e. The van der Waals surface area contributed by atoms with E-state index in [2.05, 4.69) is 4.74 Å². The van der Waals surface area contributed by atoms with Crippen LogP contribution in [-0.2, 0) is 14.3 Å². The number of ether oxygens (including phenoxy) is 1. The van der Waals surface area contributed by atoms with Crippen LogP contribution in [0, 0.1) is 11.8 Å². The van der Waals surface area contributed by atoms with Crippen molar-refractivity contribution in [2.75, 3.05) is 7.11 Å². The summed E-state index contributed by atoms with van der Waals surface area (Å²) in [5.41, 5.74) is 0. The van der Waals surface area contributed by atoms with Crippen LogP contribution in [0.25, 0.3) is 0 Å². The van der Waals surface area contributed by atoms with E-state index in [4.69, 9.17) is 0 Å². The highest BCUT2D eigenvalue weighted by Crippen LogP contribution is 2.34. The lowest BCUT2D eigenvalue weighted by molar-refractivity contribution is -0.151. The second-order valence-corrected chi connectivity index (χ2v) is 3.00. The molecule has 0 heterocycles. The number of hydrogen-bond donors (Lipinski definition) is 0. The zero-order chi connectivity index (χ0) is 8.43. The number of carbonyl (C=O) groups excluding carboxylic acids is 2. The molecule has 0 N–H and O–H groups in total. The van der Waals surface area contributed by atoms with Gasteiger partial charge in [0, 0.05) is 5.92 Å². The summed E-state index contributed by atoms with van der Waals surface area (Å²) in [6.45, 7) is 1.57. The maximum absolute atomic E-state index is 10.8. The van der Waals surface area contributed by atoms with Crippen molar-refractivity contribution in [1.29, 1.82) is 0 Å². The molecule has 1 aliphatic rings. The second kappa shape index (κ2) is 3.03. The van der Waals surface area contributed by atoms with Gasteiger partial charge in [0.15, 0.2) is 0 Å². The average Bonchev–Trinajstić information content (AvgIpc) is 1.83. The molecule has 11 heavy (non-hydrogen) atoms. The van der Waals surface area contributed by atoms with Gasteiger partial charge in [-0.1, -0.05) is 0 Å². The van der Waals surface area contributed by atoms with E-state index in [-0.39, 0.29) is 23.6 Å². The van der Waals surface area contributed by atoms with E-state index in [1.807, 2.05) is 0 Å². The van der Waals surface area contributed by atoms with Gasteiger partial charge >= 0.3 is 5.97 Å². The van der Waals surface area contributed by atoms with E-state index in [0.717, 1.165) is 0 Å². The molecule has 1 fully saturated rings. The molecular formula is C8H12O3. The Bertz CT molecular complexity index is 180. The first kappa shape index (κ1) is 8.24. The molecule has 0 aromatic carbocycles. The van der Waals surface area contributed by atoms with Crippen LogP contribution in [0.15, 0.2) is 0 Å². The van der Waals surface area contributed by atoms with Gasteiger partial charge in [0.1, 0.15) is 5.78 Å². The lowest BCUT2D eigenvalue weighted by Crippen LogP contribution is -2.34. The van der Waals surface area contributed by atoms with Crippen molar-refractivity contribution >= 4 is 11.8 Å². The van der Waals surface area contributed by atoms with Crippen LogP contribution in [-0.4, -0.2) is 18.9 Å². The van der Waals surface area contributed by atoms with Gasteiger partial charge in [0.05, 0.1) is 13.0 Å². The van der Waals surface area contributed by atoms with Crippen LogP contribution in [0.4, 0.5) is 0 Å². The standard InChI is InChI=1S/C8H12O3/c1-5(9)6-3-7(4-6)8(10)11-2/h6-7H,3-4H2,1-2H3. The zero-order valence-corrected chi connectivity index (χ0v) is 6.79. The van der Waals surface area contributed by atoms with E-state index in [1.54, 1.807) is 6.92 Å². The summed E-state index contributed by atoms with van der Waals surface area (Å²) in [6, 6.07) is 0. The van der Waals surface area contributed by atoms with Crippen molar-refractivity contribution in [2.45, 2.75) is 19.8 Å². The van der Waals surface area contributed by atoms with Gasteiger partial charge in [0.2, 0.25) is 0 Å². The molecule has 1 rings (SSSR count). The molecule has 0 aromatic rings. The van der Waals surface area contributed by atoms with Crippen molar-refractivity contribution in [1.82, 2.24) is 0 Å². The molecule has 1 saturated carbocycles. The third-order valence-electron chi connectivity index (χ3n) is 2.25. The van der Waals surface area contributed by atoms with Gasteiger partial charge < -0.3 is 4.74 Å². The summed E-state index contributed by atoms with van der Waals surface area (Å²) in [6.07, 6.45) is 1.37. The minimum atomic E-state index is -0.178. The number of rotatable bonds is 2. The third kappa shape index (κ3) is 1.59. The number of hydrogen-bond acceptors (Lipinski definition) is 3. The molecule has 1 aliphatic carbocycles. The van der Waals surface area contributed by atoms with Crippen molar-refractivity contribution in [3.63, 3.8) is 0 Å². The predicted molar refractivity (Wildman–Crippen MR) is 38.9 cm³/mol. The Balaban J connectivity index is 2.29. The molecule has 0 bridgehead atoms. The number of esters is 1. The minimum Gasteiger partial charge on any atom is -0.469 e. The number of Topliss-reactive ketones (excluding diaryl/α,β-unsaturated/α-hetero) is 1. The average molecular weight is 156 g/mol. The van der Waals surface area contributed by atoms with Gasteiger partial charge in [-0.25, -0.2) is 0 Å². The molecule has 0 spiro atoms. The first-order valence-electron chi connectivity index (χ1n) is 3.73. The molecule has 0 unspecified atom stereocenters. The fraction of sp³-hybridized carbons (Fsp3) is 0.750. The summed E-state index contributed by atoms with van der Waals surface area (Å²) >= 11 is 0. The van der Waals surface area contributed by atoms with Gasteiger partial charge in [-0.05, 0) is 19.8 Å². The van der Waals surface area contributed by atoms with E-state index in [0.29, 0.717) is 12.8 Å². The maximum atomic E-state index is 10.8. The van der Waals surface area contributed by atoms with Crippen LogP contribution < -0.4 is 0 Å². The highest BCUT2D eigenvalue weighted by atomic mass is 16.5. The molecule has 62 valence electrons. The zero-order valence-electron chi connectivity index (χ0n) is 6.79. The van der Waals surface area contributed by atoms with Crippen LogP contribution in [0.3, 0.4) is 0 Å². The Hall–Kier alpha value is -0.860. The lowest BCUT2D eigenvalue weighted by atomic mass is 9.73. The highest BCUT2D eigenvalue weighted by molar-refractivity contribution is 5.83. The van der Waals surface area contributed by atoms with E-state index in [9.17, 15) is 9.59 Å². The Morgan fingerprint density at radius 2 is 1.82 bits per heavy atom. The summed E-state index contributed by atoms with van der Waals surface area (Å²) in [7, 11) is 1.38. The summed E-state index contributed by atoms with van der Waals surface area (Å²) in [5.74, 6) is 0.0978. The number of methoxy groups -OCH3 is 1. The van der Waals surface area contributed by atoms with Crippen LogP contribution in [0.2, 0.25) is 0 Å². The first-order valence-corrected chi connectivity index (χ1v) is 3.73. The molecule has 3 nitrogen and oxygen atoms in total. The van der Waals surface area contributed by atoms with Gasteiger partial charge in [0.25, 0.3) is 0 Å². The quantitative estimate of drug-likeness (QED) is 0.555. The first-order chi connectivity index (χ1) is 5.15. The highest BCUT2D eigenvalue weighted by Gasteiger charge is 2.37. The lowest BCUT2D eigenvalue weighted by Gasteiger charge is -2.30. The van der Waals surface area contributed by atoms with Crippen LogP contribution in [0.1, 0.15) is 19.8 Å². The number of carbonyl (C=O) groups is 2. The van der Waals surface area contributed by atoms with E-state index in [1.165, 1.54) is 7.11 Å². The van der Waals surface area contributed by atoms with Crippen LogP contribution >= 0.6 is 0 Å². The fourth-order valence-electron chi connectivity index (χ4n) is 1.31. The van der Waals surface area contributed by atoms with E-state index < -0.39 is 0 Å². The van der Waals surface area contributed by atoms with Crippen molar-refractivity contribution in [3.05, 3.63) is 0 Å². The fourth-order valence-corrected chi connectivity index (χ4v) is 1.31. The number of ketones is 1. The Morgan fingerprint density at radius 3 is 2.18 bits per heavy atom. The van der Waals surface area contributed by atoms with Crippen molar-refractivity contribution < 1.29 is 14.3 Å². The van der Waals surface area contributed by atoms with Gasteiger partial charge in [-0.3, -0.25) is 9.59 Å². The topological polar surface area (TPSA) is 43.4 Å². The SMILES string of the molecule is COC(=O)C1CC(C(C)=O)C1. The summed E-state index contributed by atoms with van der Waals surface area (Å²) in [4.78, 5) is 21.6. The Kier molecular flexibility index (Phi) is 2.27. The Morgan fingerprint density at radius 1 is 1.27 bits per heavy atom. The minimum absolute atomic E-state index is 0.0195. The van der Waals surface area contributed by atoms with Crippen molar-refractivity contribution in [2.24, 2.45) is 11.8 Å². The molecule has 0 aliphatic heterocycles. The van der Waals surface area contributed by atoms with Gasteiger partial charge in [-0.2, -0.15) is 0 Å². The molecular weight excluding hydrogens is 144 g/mol. The second-order valence-electron chi connectivity index (χ2n) is 3.00. The monoisotopic (exact) mass is 156 g/mol. The van der Waals surface area contributed by atoms with E-state index >= 15 is 0 Å². The van der Waals surface area contributed by atoms with Crippen molar-refractivity contribution in [3.8, 4) is 0 Å². The molecule has 0 saturated heterocycles. The molecule has 0 amide bonds.